The number of hydrogen-bond acceptors (Lipinski definition) is 0. The quantitative estimate of drug-likeness (QED) is 0.169. The Labute approximate surface area is 291 Å². The van der Waals surface area contributed by atoms with E-state index in [4.69, 9.17) is 0 Å². The fourth-order valence-corrected chi connectivity index (χ4v) is 7.81. The lowest BCUT2D eigenvalue weighted by Gasteiger charge is -2.14. The molecule has 10 aromatic rings. The molecule has 232 valence electrons. The molecule has 10 rings (SSSR count). The summed E-state index contributed by atoms with van der Waals surface area (Å²) in [6.07, 6.45) is 0. The van der Waals surface area contributed by atoms with Crippen LogP contribution in [-0.4, -0.2) is 0 Å². The van der Waals surface area contributed by atoms with Crippen LogP contribution in [0.15, 0.2) is 194 Å². The van der Waals surface area contributed by atoms with E-state index in [1.54, 1.807) is 0 Å². The number of fused-ring (bicyclic) bond motifs is 7. The standard InChI is InChI=1S/C50H32/c1-2-9-33(10-3-1)36-17-18-39-29-42(22-21-38(39)27-36)43-24-23-40-28-37(19-20-41(40)30-43)35-12-8-13-44(31-35)49-32-50-45-14-5-4-11-34(45)25-26-48(50)46-15-6-7-16-47(46)49/h1-32H. The summed E-state index contributed by atoms with van der Waals surface area (Å²) < 4.78 is 0. The van der Waals surface area contributed by atoms with Crippen LogP contribution in [0, 0.1) is 0 Å². The maximum Gasteiger partial charge on any atom is -0.00928 e. The predicted molar refractivity (Wildman–Crippen MR) is 216 cm³/mol. The highest BCUT2D eigenvalue weighted by Crippen LogP contribution is 2.39. The Morgan fingerprint density at radius 2 is 0.620 bits per heavy atom. The van der Waals surface area contributed by atoms with Crippen molar-refractivity contribution in [2.24, 2.45) is 0 Å². The van der Waals surface area contributed by atoms with Crippen LogP contribution in [0.1, 0.15) is 0 Å². The Balaban J connectivity index is 1.01. The summed E-state index contributed by atoms with van der Waals surface area (Å²) >= 11 is 0. The third-order valence-corrected chi connectivity index (χ3v) is 10.4. The molecule has 0 amide bonds. The van der Waals surface area contributed by atoms with Crippen LogP contribution >= 0.6 is 0 Å². The summed E-state index contributed by atoms with van der Waals surface area (Å²) in [5.74, 6) is 0. The van der Waals surface area contributed by atoms with Crippen LogP contribution in [0.4, 0.5) is 0 Å². The predicted octanol–water partition coefficient (Wildman–Crippen LogP) is 14.1. The Kier molecular flexibility index (Phi) is 6.60. The van der Waals surface area contributed by atoms with Gasteiger partial charge in [0.05, 0.1) is 0 Å². The largest absolute Gasteiger partial charge is 0.0622 e. The van der Waals surface area contributed by atoms with Crippen LogP contribution < -0.4 is 0 Å². The van der Waals surface area contributed by atoms with Crippen LogP contribution in [0.2, 0.25) is 0 Å². The molecule has 0 aliphatic carbocycles. The molecule has 50 heavy (non-hydrogen) atoms. The molecule has 0 saturated carbocycles. The molecule has 0 radical (unpaired) electrons. The Hall–Kier alpha value is -6.50. The molecule has 0 aliphatic heterocycles. The van der Waals surface area contributed by atoms with E-state index in [0.717, 1.165) is 0 Å². The van der Waals surface area contributed by atoms with E-state index in [2.05, 4.69) is 194 Å². The van der Waals surface area contributed by atoms with Crippen LogP contribution in [0.25, 0.3) is 98.4 Å². The zero-order valence-electron chi connectivity index (χ0n) is 27.5. The summed E-state index contributed by atoms with van der Waals surface area (Å²) in [5.41, 5.74) is 9.91. The van der Waals surface area contributed by atoms with Crippen molar-refractivity contribution in [1.82, 2.24) is 0 Å². The Morgan fingerprint density at radius 3 is 1.26 bits per heavy atom. The van der Waals surface area contributed by atoms with Gasteiger partial charge in [0.1, 0.15) is 0 Å². The van der Waals surface area contributed by atoms with Gasteiger partial charge in [0.25, 0.3) is 0 Å². The van der Waals surface area contributed by atoms with Gasteiger partial charge < -0.3 is 0 Å². The zero-order valence-corrected chi connectivity index (χ0v) is 27.5. The maximum atomic E-state index is 2.40. The molecule has 0 N–H and O–H groups in total. The first kappa shape index (κ1) is 28.5. The highest BCUT2D eigenvalue weighted by Gasteiger charge is 2.12. The lowest BCUT2D eigenvalue weighted by Crippen LogP contribution is -1.87. The van der Waals surface area contributed by atoms with E-state index < -0.39 is 0 Å². The number of rotatable bonds is 4. The van der Waals surface area contributed by atoms with Gasteiger partial charge in [-0.05, 0) is 135 Å². The van der Waals surface area contributed by atoms with Crippen molar-refractivity contribution in [3.8, 4) is 44.5 Å². The van der Waals surface area contributed by atoms with Crippen LogP contribution in [-0.2, 0) is 0 Å². The molecule has 0 heteroatoms. The highest BCUT2D eigenvalue weighted by molar-refractivity contribution is 6.21. The Morgan fingerprint density at radius 1 is 0.180 bits per heavy atom. The van der Waals surface area contributed by atoms with E-state index >= 15 is 0 Å². The molecule has 0 fully saturated rings. The zero-order chi connectivity index (χ0) is 33.0. The van der Waals surface area contributed by atoms with E-state index in [9.17, 15) is 0 Å². The van der Waals surface area contributed by atoms with Crippen LogP contribution in [0.3, 0.4) is 0 Å². The van der Waals surface area contributed by atoms with Gasteiger partial charge >= 0.3 is 0 Å². The van der Waals surface area contributed by atoms with Crippen molar-refractivity contribution in [2.45, 2.75) is 0 Å². The third kappa shape index (κ3) is 4.85. The van der Waals surface area contributed by atoms with E-state index in [-0.39, 0.29) is 0 Å². The average molecular weight is 633 g/mol. The molecule has 0 bridgehead atoms. The molecule has 0 saturated heterocycles. The average Bonchev–Trinajstić information content (AvgIpc) is 3.20. The summed E-state index contributed by atoms with van der Waals surface area (Å²) in [7, 11) is 0. The van der Waals surface area contributed by atoms with Gasteiger partial charge in [-0.1, -0.05) is 158 Å². The van der Waals surface area contributed by atoms with Crippen molar-refractivity contribution in [2.75, 3.05) is 0 Å². The first-order chi connectivity index (χ1) is 24.7. The minimum absolute atomic E-state index is 1.22. The van der Waals surface area contributed by atoms with Gasteiger partial charge in [-0.3, -0.25) is 0 Å². The minimum Gasteiger partial charge on any atom is -0.0622 e. The summed E-state index contributed by atoms with van der Waals surface area (Å²) in [5, 5.41) is 12.7. The van der Waals surface area contributed by atoms with Crippen LogP contribution in [0.5, 0.6) is 0 Å². The fraction of sp³-hybridized carbons (Fsp3) is 0. The van der Waals surface area contributed by atoms with Gasteiger partial charge in [0.2, 0.25) is 0 Å². The SMILES string of the molecule is c1ccc(-c2ccc3cc(-c4ccc5cc(-c6cccc(-c7cc8c9ccccc9ccc8c8ccccc78)c6)ccc5c4)ccc3c2)cc1. The fourth-order valence-electron chi connectivity index (χ4n) is 7.81. The second-order valence-corrected chi connectivity index (χ2v) is 13.4. The molecule has 0 atom stereocenters. The van der Waals surface area contributed by atoms with Gasteiger partial charge in [-0.25, -0.2) is 0 Å². The van der Waals surface area contributed by atoms with Crippen molar-refractivity contribution in [3.63, 3.8) is 0 Å². The monoisotopic (exact) mass is 632 g/mol. The topological polar surface area (TPSA) is 0 Å². The molecule has 0 spiro atoms. The smallest absolute Gasteiger partial charge is 0.00928 e. The normalized spacial score (nSPS) is 11.6. The highest BCUT2D eigenvalue weighted by atomic mass is 14.2. The van der Waals surface area contributed by atoms with Gasteiger partial charge in [0.15, 0.2) is 0 Å². The van der Waals surface area contributed by atoms with E-state index in [1.807, 2.05) is 0 Å². The molecule has 0 heterocycles. The van der Waals surface area contributed by atoms with E-state index in [0.29, 0.717) is 0 Å². The molecule has 10 aromatic carbocycles. The number of hydrogen-bond donors (Lipinski definition) is 0. The maximum absolute atomic E-state index is 2.40. The van der Waals surface area contributed by atoms with Crippen molar-refractivity contribution >= 4 is 53.9 Å². The molecule has 0 unspecified atom stereocenters. The first-order valence-corrected chi connectivity index (χ1v) is 17.3. The molecule has 0 aromatic heterocycles. The second-order valence-electron chi connectivity index (χ2n) is 13.4. The Bertz CT molecular complexity index is 2910. The third-order valence-electron chi connectivity index (χ3n) is 10.4. The minimum atomic E-state index is 1.22. The summed E-state index contributed by atoms with van der Waals surface area (Å²) in [6, 6.07) is 71.4. The van der Waals surface area contributed by atoms with Gasteiger partial charge in [-0.15, -0.1) is 0 Å². The molecule has 0 nitrogen and oxygen atoms in total. The molecule has 0 aliphatic rings. The van der Waals surface area contributed by atoms with Gasteiger partial charge in [0, 0.05) is 0 Å². The van der Waals surface area contributed by atoms with Gasteiger partial charge in [-0.2, -0.15) is 0 Å². The lowest BCUT2D eigenvalue weighted by molar-refractivity contribution is 1.62. The van der Waals surface area contributed by atoms with E-state index in [1.165, 1.54) is 98.4 Å². The molecular weight excluding hydrogens is 601 g/mol. The number of benzene rings is 10. The van der Waals surface area contributed by atoms with Crippen molar-refractivity contribution in [1.29, 1.82) is 0 Å². The lowest BCUT2D eigenvalue weighted by atomic mass is 9.90. The summed E-state index contributed by atoms with van der Waals surface area (Å²) in [6.45, 7) is 0. The first-order valence-electron chi connectivity index (χ1n) is 17.3. The molecular formula is C50H32. The second kappa shape index (κ2) is 11.6. The summed E-state index contributed by atoms with van der Waals surface area (Å²) in [4.78, 5) is 0. The van der Waals surface area contributed by atoms with Crippen molar-refractivity contribution in [3.05, 3.63) is 194 Å². The van der Waals surface area contributed by atoms with Crippen molar-refractivity contribution < 1.29 is 0 Å².